The van der Waals surface area contributed by atoms with Gasteiger partial charge in [0.25, 0.3) is 0 Å². The Hall–Kier alpha value is -0.400. The van der Waals surface area contributed by atoms with E-state index >= 15 is 0 Å². The standard InChI is InChI=1S/C14H28O10/c1-8(22-17-4)11(23-18-5)13(24-19-6)12-10(16)9(7-15)20-14(2,3)21-12/h8-13,15-16H,7H2,1-6H3/t8?,9-,10-,11-,12-,13-/m0/s1. The second kappa shape index (κ2) is 9.92. The van der Waals surface area contributed by atoms with Crippen LogP contribution in [0.5, 0.6) is 0 Å². The van der Waals surface area contributed by atoms with Gasteiger partial charge in [0.05, 0.1) is 27.9 Å². The zero-order valence-corrected chi connectivity index (χ0v) is 14.8. The third kappa shape index (κ3) is 5.56. The van der Waals surface area contributed by atoms with Crippen LogP contribution in [0.25, 0.3) is 0 Å². The second-order valence-corrected chi connectivity index (χ2v) is 5.73. The first-order chi connectivity index (χ1) is 11.3. The maximum Gasteiger partial charge on any atom is 0.164 e. The maximum atomic E-state index is 10.5. The third-order valence-electron chi connectivity index (χ3n) is 3.53. The Kier molecular flexibility index (Phi) is 8.95. The molecule has 1 heterocycles. The monoisotopic (exact) mass is 356 g/mol. The quantitative estimate of drug-likeness (QED) is 0.400. The van der Waals surface area contributed by atoms with Crippen LogP contribution >= 0.6 is 0 Å². The number of hydrogen-bond acceptors (Lipinski definition) is 10. The van der Waals surface area contributed by atoms with E-state index in [4.69, 9.17) is 33.9 Å². The summed E-state index contributed by atoms with van der Waals surface area (Å²) in [6.45, 7) is 4.56. The van der Waals surface area contributed by atoms with Crippen LogP contribution in [0.3, 0.4) is 0 Å². The molecule has 1 saturated heterocycles. The lowest BCUT2D eigenvalue weighted by Crippen LogP contribution is -2.63. The van der Waals surface area contributed by atoms with E-state index in [1.807, 2.05) is 0 Å². The molecular weight excluding hydrogens is 328 g/mol. The van der Waals surface area contributed by atoms with Gasteiger partial charge in [0, 0.05) is 0 Å². The Morgan fingerprint density at radius 3 is 2.08 bits per heavy atom. The lowest BCUT2D eigenvalue weighted by atomic mass is 9.95. The molecule has 1 rings (SSSR count). The molecule has 0 bridgehead atoms. The van der Waals surface area contributed by atoms with Crippen LogP contribution in [-0.2, 0) is 38.8 Å². The van der Waals surface area contributed by atoms with Crippen molar-refractivity contribution < 1.29 is 49.0 Å². The predicted octanol–water partition coefficient (Wildman–Crippen LogP) is -0.281. The Bertz CT molecular complexity index is 352. The SMILES string of the molecule is COOC(C)[C@H](OOC)[C@H](OOC)[C@H]1OC(C)(C)O[C@@H](CO)[C@@H]1O. The van der Waals surface area contributed by atoms with Crippen LogP contribution in [0.1, 0.15) is 20.8 Å². The van der Waals surface area contributed by atoms with E-state index in [2.05, 4.69) is 4.89 Å². The average Bonchev–Trinajstić information content (AvgIpc) is 2.53. The lowest BCUT2D eigenvalue weighted by molar-refractivity contribution is -0.440. The molecule has 0 aromatic heterocycles. The Labute approximate surface area is 141 Å². The molecule has 1 aliphatic rings. The smallest absolute Gasteiger partial charge is 0.164 e. The van der Waals surface area contributed by atoms with Crippen LogP contribution in [0.4, 0.5) is 0 Å². The first-order valence-electron chi connectivity index (χ1n) is 7.54. The summed E-state index contributed by atoms with van der Waals surface area (Å²) in [5.74, 6) is -1.07. The van der Waals surface area contributed by atoms with E-state index in [1.165, 1.54) is 21.3 Å². The molecule has 0 spiro atoms. The first kappa shape index (κ1) is 21.6. The van der Waals surface area contributed by atoms with Crippen molar-refractivity contribution in [1.29, 1.82) is 0 Å². The number of hydrogen-bond donors (Lipinski definition) is 2. The normalized spacial score (nSPS) is 30.8. The molecule has 0 amide bonds. The summed E-state index contributed by atoms with van der Waals surface area (Å²) in [7, 11) is 3.97. The topological polar surface area (TPSA) is 114 Å². The van der Waals surface area contributed by atoms with Gasteiger partial charge in [-0.05, 0) is 20.8 Å². The van der Waals surface area contributed by atoms with Crippen LogP contribution in [-0.4, -0.2) is 80.6 Å². The molecular formula is C14H28O10. The van der Waals surface area contributed by atoms with Crippen molar-refractivity contribution in [3.8, 4) is 0 Å². The minimum Gasteiger partial charge on any atom is -0.394 e. The largest absolute Gasteiger partial charge is 0.394 e. The molecule has 0 saturated carbocycles. The van der Waals surface area contributed by atoms with Gasteiger partial charge in [-0.3, -0.25) is 0 Å². The minimum atomic E-state index is -1.21. The summed E-state index contributed by atoms with van der Waals surface area (Å²) in [5.41, 5.74) is 0. The highest BCUT2D eigenvalue weighted by atomic mass is 17.2. The van der Waals surface area contributed by atoms with Crippen molar-refractivity contribution in [2.45, 2.75) is 63.2 Å². The van der Waals surface area contributed by atoms with E-state index in [9.17, 15) is 10.2 Å². The van der Waals surface area contributed by atoms with Gasteiger partial charge in [0.1, 0.15) is 24.4 Å². The summed E-state index contributed by atoms with van der Waals surface area (Å²) in [4.78, 5) is 29.7. The van der Waals surface area contributed by atoms with Gasteiger partial charge >= 0.3 is 0 Å². The highest BCUT2D eigenvalue weighted by molar-refractivity contribution is 4.93. The molecule has 24 heavy (non-hydrogen) atoms. The van der Waals surface area contributed by atoms with Crippen LogP contribution < -0.4 is 0 Å². The van der Waals surface area contributed by atoms with Gasteiger partial charge in [-0.15, -0.1) is 0 Å². The van der Waals surface area contributed by atoms with E-state index in [1.54, 1.807) is 20.8 Å². The Morgan fingerprint density at radius 1 is 1.00 bits per heavy atom. The minimum absolute atomic E-state index is 0.399. The fourth-order valence-corrected chi connectivity index (χ4v) is 2.60. The summed E-state index contributed by atoms with van der Waals surface area (Å²) >= 11 is 0. The van der Waals surface area contributed by atoms with E-state index in [0.29, 0.717) is 0 Å². The van der Waals surface area contributed by atoms with Crippen molar-refractivity contribution in [1.82, 2.24) is 0 Å². The van der Waals surface area contributed by atoms with Gasteiger partial charge in [-0.2, -0.15) is 0 Å². The van der Waals surface area contributed by atoms with Crippen LogP contribution in [0.2, 0.25) is 0 Å². The summed E-state index contributed by atoms with van der Waals surface area (Å²) in [6.07, 6.45) is -5.57. The van der Waals surface area contributed by atoms with Gasteiger partial charge in [-0.25, -0.2) is 29.3 Å². The van der Waals surface area contributed by atoms with Gasteiger partial charge in [0.2, 0.25) is 0 Å². The molecule has 144 valence electrons. The van der Waals surface area contributed by atoms with Crippen molar-refractivity contribution in [3.05, 3.63) is 0 Å². The van der Waals surface area contributed by atoms with Crippen molar-refractivity contribution in [2.75, 3.05) is 27.9 Å². The van der Waals surface area contributed by atoms with Crippen LogP contribution in [0, 0.1) is 0 Å². The molecule has 1 aliphatic heterocycles. The molecule has 10 nitrogen and oxygen atoms in total. The summed E-state index contributed by atoms with van der Waals surface area (Å²) in [5, 5.41) is 19.9. The van der Waals surface area contributed by atoms with Crippen molar-refractivity contribution in [3.63, 3.8) is 0 Å². The zero-order chi connectivity index (χ0) is 18.3. The maximum absolute atomic E-state index is 10.5. The molecule has 10 heteroatoms. The van der Waals surface area contributed by atoms with Gasteiger partial charge < -0.3 is 19.7 Å². The highest BCUT2D eigenvalue weighted by Crippen LogP contribution is 2.32. The van der Waals surface area contributed by atoms with E-state index in [0.717, 1.165) is 0 Å². The Balaban J connectivity index is 3.08. The molecule has 6 atom stereocenters. The molecule has 1 fully saturated rings. The molecule has 0 radical (unpaired) electrons. The Morgan fingerprint density at radius 2 is 1.58 bits per heavy atom. The fourth-order valence-electron chi connectivity index (χ4n) is 2.60. The third-order valence-corrected chi connectivity index (χ3v) is 3.53. The molecule has 1 unspecified atom stereocenters. The number of aliphatic hydroxyl groups excluding tert-OH is 2. The molecule has 0 aliphatic carbocycles. The van der Waals surface area contributed by atoms with Crippen molar-refractivity contribution in [2.24, 2.45) is 0 Å². The van der Waals surface area contributed by atoms with Gasteiger partial charge in [-0.1, -0.05) is 0 Å². The van der Waals surface area contributed by atoms with E-state index < -0.39 is 49.0 Å². The van der Waals surface area contributed by atoms with Gasteiger partial charge in [0.15, 0.2) is 18.0 Å². The molecule has 2 N–H and O–H groups in total. The molecule has 0 aromatic carbocycles. The lowest BCUT2D eigenvalue weighted by Gasteiger charge is -2.46. The average molecular weight is 356 g/mol. The van der Waals surface area contributed by atoms with Crippen molar-refractivity contribution >= 4 is 0 Å². The first-order valence-corrected chi connectivity index (χ1v) is 7.54. The second-order valence-electron chi connectivity index (χ2n) is 5.73. The number of aliphatic hydroxyl groups is 2. The summed E-state index contributed by atoms with van der Waals surface area (Å²) < 4.78 is 11.3. The predicted molar refractivity (Wildman–Crippen MR) is 78.2 cm³/mol. The summed E-state index contributed by atoms with van der Waals surface area (Å²) in [6, 6.07) is 0. The van der Waals surface area contributed by atoms with E-state index in [-0.39, 0.29) is 0 Å². The highest BCUT2D eigenvalue weighted by Gasteiger charge is 2.50. The fraction of sp³-hybridized carbons (Fsp3) is 1.00. The number of ether oxygens (including phenoxy) is 2. The molecule has 0 aromatic rings. The van der Waals surface area contributed by atoms with Crippen LogP contribution in [0.15, 0.2) is 0 Å². The zero-order valence-electron chi connectivity index (χ0n) is 14.8. The number of rotatable bonds is 10.